The van der Waals surface area contributed by atoms with Gasteiger partial charge in [0.2, 0.25) is 11.8 Å². The van der Waals surface area contributed by atoms with E-state index in [1.54, 1.807) is 6.92 Å². The maximum absolute atomic E-state index is 11.6. The van der Waals surface area contributed by atoms with Crippen LogP contribution in [0.15, 0.2) is 23.4 Å². The molecule has 0 saturated heterocycles. The second kappa shape index (κ2) is 6.81. The van der Waals surface area contributed by atoms with Gasteiger partial charge >= 0.3 is 0 Å². The Bertz CT molecular complexity index is 453. The summed E-state index contributed by atoms with van der Waals surface area (Å²) in [5.74, 6) is -1.21. The van der Waals surface area contributed by atoms with Crippen LogP contribution < -0.4 is 10.6 Å². The van der Waals surface area contributed by atoms with Gasteiger partial charge in [-0.15, -0.1) is 0 Å². The molecule has 7 heteroatoms. The van der Waals surface area contributed by atoms with Gasteiger partial charge in [0.05, 0.1) is 19.1 Å². The van der Waals surface area contributed by atoms with Gasteiger partial charge in [0.15, 0.2) is 5.78 Å². The minimum absolute atomic E-state index is 0.0810. The fourth-order valence-corrected chi connectivity index (χ4v) is 1.49. The van der Waals surface area contributed by atoms with Crippen molar-refractivity contribution in [2.45, 2.75) is 19.4 Å². The van der Waals surface area contributed by atoms with Crippen LogP contribution in [0.2, 0.25) is 0 Å². The van der Waals surface area contributed by atoms with Gasteiger partial charge in [0, 0.05) is 23.9 Å². The van der Waals surface area contributed by atoms with Crippen LogP contribution in [0.1, 0.15) is 13.3 Å². The molecule has 7 nitrogen and oxygen atoms in total. The van der Waals surface area contributed by atoms with E-state index in [-0.39, 0.29) is 30.2 Å². The molecular weight excluding hydrogens is 252 g/mol. The van der Waals surface area contributed by atoms with Crippen LogP contribution in [0.5, 0.6) is 0 Å². The molecule has 0 bridgehead atoms. The van der Waals surface area contributed by atoms with Gasteiger partial charge in [-0.2, -0.15) is 0 Å². The molecule has 2 amide bonds. The standard InChI is InChI=1S/C12H16N2O5/c1-7-9(10(17)4-12(19)14-7)2-3-11(18)13-5-8(16)6-15/h2-3,8,15-16H,4-6H2,1H3,(H,13,18)(H,14,19)/b3-2+/t8-/m1/s1. The van der Waals surface area contributed by atoms with Crippen molar-refractivity contribution >= 4 is 17.6 Å². The first-order chi connectivity index (χ1) is 8.93. The van der Waals surface area contributed by atoms with Gasteiger partial charge in [-0.1, -0.05) is 0 Å². The number of carbonyl (C=O) groups is 3. The molecule has 0 radical (unpaired) electrons. The third-order valence-electron chi connectivity index (χ3n) is 2.48. The Morgan fingerprint density at radius 1 is 1.53 bits per heavy atom. The second-order valence-electron chi connectivity index (χ2n) is 4.10. The summed E-state index contributed by atoms with van der Waals surface area (Å²) in [6.07, 6.45) is 1.20. The summed E-state index contributed by atoms with van der Waals surface area (Å²) in [4.78, 5) is 34.0. The third kappa shape index (κ3) is 4.65. The average Bonchev–Trinajstić information content (AvgIpc) is 2.34. The van der Waals surface area contributed by atoms with Crippen molar-refractivity contribution in [3.05, 3.63) is 23.4 Å². The van der Waals surface area contributed by atoms with Gasteiger partial charge in [-0.3, -0.25) is 14.4 Å². The molecule has 0 aromatic heterocycles. The maximum Gasteiger partial charge on any atom is 0.244 e. The molecule has 1 atom stereocenters. The monoisotopic (exact) mass is 268 g/mol. The van der Waals surface area contributed by atoms with Crippen LogP contribution in [0.3, 0.4) is 0 Å². The van der Waals surface area contributed by atoms with Gasteiger partial charge in [0.25, 0.3) is 0 Å². The van der Waals surface area contributed by atoms with Crippen molar-refractivity contribution in [1.82, 2.24) is 10.6 Å². The van der Waals surface area contributed by atoms with E-state index < -0.39 is 18.6 Å². The lowest BCUT2D eigenvalue weighted by molar-refractivity contribution is -0.127. The Labute approximate surface area is 110 Å². The van der Waals surface area contributed by atoms with E-state index in [0.717, 1.165) is 6.08 Å². The number of aliphatic hydroxyl groups is 2. The predicted molar refractivity (Wildman–Crippen MR) is 65.7 cm³/mol. The minimum atomic E-state index is -1.02. The fourth-order valence-electron chi connectivity index (χ4n) is 1.49. The zero-order chi connectivity index (χ0) is 14.4. The Balaban J connectivity index is 2.60. The quantitative estimate of drug-likeness (QED) is 0.353. The highest BCUT2D eigenvalue weighted by molar-refractivity contribution is 6.12. The summed E-state index contributed by atoms with van der Waals surface area (Å²) in [6.45, 7) is 1.04. The molecule has 104 valence electrons. The molecular formula is C12H16N2O5. The van der Waals surface area contributed by atoms with E-state index in [0.29, 0.717) is 5.70 Å². The summed E-state index contributed by atoms with van der Waals surface area (Å²) in [5.41, 5.74) is 0.679. The normalized spacial score (nSPS) is 17.6. The Hall–Kier alpha value is -1.99. The first kappa shape index (κ1) is 15.1. The zero-order valence-electron chi connectivity index (χ0n) is 10.5. The first-order valence-corrected chi connectivity index (χ1v) is 5.72. The Kier molecular flexibility index (Phi) is 5.40. The molecule has 0 aromatic rings. The number of carbonyl (C=O) groups excluding carboxylic acids is 3. The van der Waals surface area contributed by atoms with E-state index in [1.807, 2.05) is 0 Å². The minimum Gasteiger partial charge on any atom is -0.394 e. The van der Waals surface area contributed by atoms with E-state index in [4.69, 9.17) is 10.2 Å². The van der Waals surface area contributed by atoms with Crippen molar-refractivity contribution < 1.29 is 24.6 Å². The number of hydrogen-bond donors (Lipinski definition) is 4. The molecule has 1 aliphatic rings. The number of Topliss-reactive ketones (excluding diaryl/α,β-unsaturated/α-hetero) is 1. The predicted octanol–water partition coefficient (Wildman–Crippen LogP) is -1.62. The van der Waals surface area contributed by atoms with Gasteiger partial charge < -0.3 is 20.8 Å². The zero-order valence-corrected chi connectivity index (χ0v) is 10.5. The molecule has 1 aliphatic heterocycles. The average molecular weight is 268 g/mol. The SMILES string of the molecule is CC1=C(/C=C/C(=O)NC[C@@H](O)CO)C(=O)CC(=O)N1. The van der Waals surface area contributed by atoms with Crippen LogP contribution >= 0.6 is 0 Å². The molecule has 0 spiro atoms. The van der Waals surface area contributed by atoms with Crippen molar-refractivity contribution in [2.24, 2.45) is 0 Å². The maximum atomic E-state index is 11.6. The van der Waals surface area contributed by atoms with Crippen molar-refractivity contribution in [1.29, 1.82) is 0 Å². The summed E-state index contributed by atoms with van der Waals surface area (Å²) in [7, 11) is 0. The van der Waals surface area contributed by atoms with Crippen LogP contribution in [0.25, 0.3) is 0 Å². The van der Waals surface area contributed by atoms with Crippen LogP contribution in [0, 0.1) is 0 Å². The highest BCUT2D eigenvalue weighted by Crippen LogP contribution is 2.12. The number of amides is 2. The van der Waals surface area contributed by atoms with E-state index in [1.165, 1.54) is 6.08 Å². The van der Waals surface area contributed by atoms with Gasteiger partial charge in [-0.05, 0) is 13.0 Å². The number of aliphatic hydroxyl groups excluding tert-OH is 2. The summed E-state index contributed by atoms with van der Waals surface area (Å²) in [6, 6.07) is 0. The van der Waals surface area contributed by atoms with Crippen LogP contribution in [-0.4, -0.2) is 47.1 Å². The molecule has 1 rings (SSSR count). The molecule has 1 heterocycles. The molecule has 0 aliphatic carbocycles. The molecule has 0 fully saturated rings. The molecule has 0 unspecified atom stereocenters. The lowest BCUT2D eigenvalue weighted by atomic mass is 10.0. The molecule has 19 heavy (non-hydrogen) atoms. The third-order valence-corrected chi connectivity index (χ3v) is 2.48. The van der Waals surface area contributed by atoms with Gasteiger partial charge in [0.1, 0.15) is 0 Å². The van der Waals surface area contributed by atoms with E-state index in [2.05, 4.69) is 10.6 Å². The fraction of sp³-hybridized carbons (Fsp3) is 0.417. The second-order valence-corrected chi connectivity index (χ2v) is 4.10. The molecule has 4 N–H and O–H groups in total. The van der Waals surface area contributed by atoms with Crippen molar-refractivity contribution in [2.75, 3.05) is 13.2 Å². The number of hydrogen-bond acceptors (Lipinski definition) is 5. The number of nitrogens with one attached hydrogen (secondary N) is 2. The van der Waals surface area contributed by atoms with Crippen molar-refractivity contribution in [3.8, 4) is 0 Å². The summed E-state index contributed by atoms with van der Waals surface area (Å²) < 4.78 is 0. The largest absolute Gasteiger partial charge is 0.394 e. The lowest BCUT2D eigenvalue weighted by Crippen LogP contribution is -2.33. The molecule has 0 saturated carbocycles. The Morgan fingerprint density at radius 2 is 2.21 bits per heavy atom. The van der Waals surface area contributed by atoms with Crippen molar-refractivity contribution in [3.63, 3.8) is 0 Å². The summed E-state index contributed by atoms with van der Waals surface area (Å²) >= 11 is 0. The van der Waals surface area contributed by atoms with E-state index >= 15 is 0 Å². The van der Waals surface area contributed by atoms with Gasteiger partial charge in [-0.25, -0.2) is 0 Å². The highest BCUT2D eigenvalue weighted by atomic mass is 16.3. The summed E-state index contributed by atoms with van der Waals surface area (Å²) in [5, 5.41) is 22.5. The number of rotatable bonds is 5. The lowest BCUT2D eigenvalue weighted by Gasteiger charge is -2.14. The highest BCUT2D eigenvalue weighted by Gasteiger charge is 2.21. The first-order valence-electron chi connectivity index (χ1n) is 5.72. The Morgan fingerprint density at radius 3 is 2.79 bits per heavy atom. The van der Waals surface area contributed by atoms with Crippen LogP contribution in [-0.2, 0) is 14.4 Å². The molecule has 0 aromatic carbocycles. The smallest absolute Gasteiger partial charge is 0.244 e. The number of ketones is 1. The van der Waals surface area contributed by atoms with E-state index in [9.17, 15) is 14.4 Å². The topological polar surface area (TPSA) is 116 Å². The number of allylic oxidation sites excluding steroid dienone is 3. The van der Waals surface area contributed by atoms with Crippen LogP contribution in [0.4, 0.5) is 0 Å².